The largest absolute Gasteiger partial charge is 0.500 e. The van der Waals surface area contributed by atoms with Crippen LogP contribution in [0.25, 0.3) is 0 Å². The van der Waals surface area contributed by atoms with Crippen LogP contribution in [-0.2, 0) is 6.42 Å². The topological polar surface area (TPSA) is 111 Å². The van der Waals surface area contributed by atoms with Crippen molar-refractivity contribution in [3.05, 3.63) is 27.8 Å². The zero-order valence-corrected chi connectivity index (χ0v) is 11.8. The van der Waals surface area contributed by atoms with E-state index in [1.165, 1.54) is 13.2 Å². The number of nitrogens with two attached hydrogens (primary N) is 1. The molecule has 0 saturated heterocycles. The fraction of sp³-hybridized carbons (Fsp3) is 0.538. The van der Waals surface area contributed by atoms with Gasteiger partial charge in [0.15, 0.2) is 5.75 Å². The SMILES string of the molecule is CCC(Cc1cc(OC)c(O)c([N+](=O)[O-])c1)NCCN. The number of nitrogens with one attached hydrogen (secondary N) is 1. The maximum atomic E-state index is 10.9. The Morgan fingerprint density at radius 1 is 1.55 bits per heavy atom. The van der Waals surface area contributed by atoms with Gasteiger partial charge in [-0.2, -0.15) is 0 Å². The molecule has 4 N–H and O–H groups in total. The van der Waals surface area contributed by atoms with Gasteiger partial charge in [0.05, 0.1) is 12.0 Å². The molecule has 0 spiro atoms. The number of rotatable bonds is 8. The molecule has 0 radical (unpaired) electrons. The summed E-state index contributed by atoms with van der Waals surface area (Å²) in [6.07, 6.45) is 1.48. The van der Waals surface area contributed by atoms with E-state index in [-0.39, 0.29) is 17.5 Å². The Bertz CT molecular complexity index is 465. The first kappa shape index (κ1) is 16.2. The summed E-state index contributed by atoms with van der Waals surface area (Å²) in [5.74, 6) is -0.327. The Kier molecular flexibility index (Phi) is 6.20. The average molecular weight is 283 g/mol. The van der Waals surface area contributed by atoms with Crippen LogP contribution in [0.2, 0.25) is 0 Å². The zero-order valence-electron chi connectivity index (χ0n) is 11.8. The molecule has 0 aliphatic carbocycles. The van der Waals surface area contributed by atoms with Gasteiger partial charge in [-0.05, 0) is 24.5 Å². The third kappa shape index (κ3) is 4.07. The summed E-state index contributed by atoms with van der Waals surface area (Å²) < 4.78 is 4.98. The molecule has 7 heteroatoms. The molecular formula is C13H21N3O4. The summed E-state index contributed by atoms with van der Waals surface area (Å²) in [6, 6.07) is 3.17. The van der Waals surface area contributed by atoms with Gasteiger partial charge in [0, 0.05) is 25.2 Å². The van der Waals surface area contributed by atoms with Crippen molar-refractivity contribution < 1.29 is 14.8 Å². The monoisotopic (exact) mass is 283 g/mol. The van der Waals surface area contributed by atoms with Gasteiger partial charge in [0.2, 0.25) is 5.75 Å². The smallest absolute Gasteiger partial charge is 0.314 e. The molecular weight excluding hydrogens is 262 g/mol. The van der Waals surface area contributed by atoms with Gasteiger partial charge in [0.25, 0.3) is 0 Å². The van der Waals surface area contributed by atoms with Crippen LogP contribution in [0.1, 0.15) is 18.9 Å². The van der Waals surface area contributed by atoms with Crippen LogP contribution in [0.5, 0.6) is 11.5 Å². The van der Waals surface area contributed by atoms with E-state index in [4.69, 9.17) is 10.5 Å². The van der Waals surface area contributed by atoms with Crippen molar-refractivity contribution in [2.75, 3.05) is 20.2 Å². The molecule has 0 aliphatic rings. The quantitative estimate of drug-likeness (QED) is 0.488. The van der Waals surface area contributed by atoms with E-state index in [1.54, 1.807) is 6.07 Å². The van der Waals surface area contributed by atoms with Gasteiger partial charge < -0.3 is 20.9 Å². The second kappa shape index (κ2) is 7.66. The molecule has 0 heterocycles. The number of nitrogens with zero attached hydrogens (tertiary/aromatic N) is 1. The molecule has 112 valence electrons. The Morgan fingerprint density at radius 2 is 2.25 bits per heavy atom. The van der Waals surface area contributed by atoms with Crippen molar-refractivity contribution in [3.63, 3.8) is 0 Å². The van der Waals surface area contributed by atoms with Gasteiger partial charge in [-0.15, -0.1) is 0 Å². The van der Waals surface area contributed by atoms with Gasteiger partial charge >= 0.3 is 5.69 Å². The number of methoxy groups -OCH3 is 1. The van der Waals surface area contributed by atoms with Crippen molar-refractivity contribution in [2.45, 2.75) is 25.8 Å². The number of nitro benzene ring substituents is 1. The first-order valence-corrected chi connectivity index (χ1v) is 6.51. The first-order chi connectivity index (χ1) is 9.53. The number of ether oxygens (including phenoxy) is 1. The molecule has 0 amide bonds. The lowest BCUT2D eigenvalue weighted by molar-refractivity contribution is -0.386. The Labute approximate surface area is 117 Å². The van der Waals surface area contributed by atoms with E-state index >= 15 is 0 Å². The molecule has 0 bridgehead atoms. The second-order valence-corrected chi connectivity index (χ2v) is 4.48. The van der Waals surface area contributed by atoms with Crippen molar-refractivity contribution >= 4 is 5.69 Å². The molecule has 1 rings (SSSR count). The standard InChI is InChI=1S/C13H21N3O4/c1-3-10(15-5-4-14)6-9-7-11(16(18)19)13(17)12(8-9)20-2/h7-8,10,15,17H,3-6,14H2,1-2H3. The molecule has 0 saturated carbocycles. The van der Waals surface area contributed by atoms with Gasteiger partial charge in [-0.1, -0.05) is 6.92 Å². The highest BCUT2D eigenvalue weighted by atomic mass is 16.6. The zero-order chi connectivity index (χ0) is 15.1. The Morgan fingerprint density at radius 3 is 2.75 bits per heavy atom. The lowest BCUT2D eigenvalue weighted by atomic mass is 10.0. The number of phenols is 1. The molecule has 1 unspecified atom stereocenters. The fourth-order valence-corrected chi connectivity index (χ4v) is 1.99. The minimum atomic E-state index is -0.615. The molecule has 0 aliphatic heterocycles. The number of hydrogen-bond acceptors (Lipinski definition) is 6. The molecule has 1 aromatic carbocycles. The third-order valence-corrected chi connectivity index (χ3v) is 3.08. The summed E-state index contributed by atoms with van der Waals surface area (Å²) in [6.45, 7) is 3.26. The van der Waals surface area contributed by atoms with Gasteiger partial charge in [-0.25, -0.2) is 0 Å². The normalized spacial score (nSPS) is 12.2. The lowest BCUT2D eigenvalue weighted by Crippen LogP contribution is -2.34. The summed E-state index contributed by atoms with van der Waals surface area (Å²) in [7, 11) is 1.37. The Balaban J connectivity index is 2.99. The van der Waals surface area contributed by atoms with Gasteiger partial charge in [-0.3, -0.25) is 10.1 Å². The molecule has 1 aromatic rings. The molecule has 0 aromatic heterocycles. The van der Waals surface area contributed by atoms with Crippen LogP contribution < -0.4 is 15.8 Å². The van der Waals surface area contributed by atoms with Crippen LogP contribution in [0, 0.1) is 10.1 Å². The minimum absolute atomic E-state index is 0.114. The number of nitro groups is 1. The van der Waals surface area contributed by atoms with E-state index in [1.807, 2.05) is 6.92 Å². The van der Waals surface area contributed by atoms with Gasteiger partial charge in [0.1, 0.15) is 0 Å². The fourth-order valence-electron chi connectivity index (χ4n) is 1.99. The van der Waals surface area contributed by atoms with Crippen LogP contribution in [0.3, 0.4) is 0 Å². The van der Waals surface area contributed by atoms with Crippen molar-refractivity contribution in [1.82, 2.24) is 5.32 Å². The maximum Gasteiger partial charge on any atom is 0.314 e. The summed E-state index contributed by atoms with van der Waals surface area (Å²) in [5, 5.41) is 23.9. The van der Waals surface area contributed by atoms with Crippen LogP contribution in [0.15, 0.2) is 12.1 Å². The minimum Gasteiger partial charge on any atom is -0.500 e. The lowest BCUT2D eigenvalue weighted by Gasteiger charge is -2.17. The van der Waals surface area contributed by atoms with Crippen molar-refractivity contribution in [1.29, 1.82) is 0 Å². The highest BCUT2D eigenvalue weighted by Crippen LogP contribution is 2.37. The van der Waals surface area contributed by atoms with Crippen molar-refractivity contribution in [3.8, 4) is 11.5 Å². The third-order valence-electron chi connectivity index (χ3n) is 3.08. The maximum absolute atomic E-state index is 10.9. The van der Waals surface area contributed by atoms with E-state index in [0.717, 1.165) is 12.0 Å². The van der Waals surface area contributed by atoms with Crippen LogP contribution in [-0.4, -0.2) is 36.3 Å². The number of phenolic OH excluding ortho intramolecular Hbond substituents is 1. The number of benzene rings is 1. The summed E-state index contributed by atoms with van der Waals surface area (Å²) in [5.41, 5.74) is 5.85. The summed E-state index contributed by atoms with van der Waals surface area (Å²) in [4.78, 5) is 10.3. The van der Waals surface area contributed by atoms with Crippen LogP contribution >= 0.6 is 0 Å². The molecule has 0 fully saturated rings. The van der Waals surface area contributed by atoms with E-state index in [9.17, 15) is 15.2 Å². The van der Waals surface area contributed by atoms with Crippen molar-refractivity contribution in [2.24, 2.45) is 5.73 Å². The Hall–Kier alpha value is -1.86. The van der Waals surface area contributed by atoms with E-state index in [2.05, 4.69) is 5.32 Å². The molecule has 7 nitrogen and oxygen atoms in total. The average Bonchev–Trinajstić information content (AvgIpc) is 2.44. The first-order valence-electron chi connectivity index (χ1n) is 6.51. The second-order valence-electron chi connectivity index (χ2n) is 4.48. The number of aromatic hydroxyl groups is 1. The highest BCUT2D eigenvalue weighted by Gasteiger charge is 2.20. The molecule has 20 heavy (non-hydrogen) atoms. The predicted molar refractivity (Wildman–Crippen MR) is 76.2 cm³/mol. The highest BCUT2D eigenvalue weighted by molar-refractivity contribution is 5.57. The molecule has 1 atom stereocenters. The van der Waals surface area contributed by atoms with E-state index in [0.29, 0.717) is 19.5 Å². The van der Waals surface area contributed by atoms with E-state index < -0.39 is 10.7 Å². The predicted octanol–water partition coefficient (Wildman–Crippen LogP) is 1.18. The number of hydrogen-bond donors (Lipinski definition) is 3. The summed E-state index contributed by atoms with van der Waals surface area (Å²) >= 11 is 0. The van der Waals surface area contributed by atoms with Crippen LogP contribution in [0.4, 0.5) is 5.69 Å².